The number of carbonyl (C=O) groups excluding carboxylic acids is 1. The lowest BCUT2D eigenvalue weighted by Crippen LogP contribution is -2.24. The van der Waals surface area contributed by atoms with Gasteiger partial charge in [0.15, 0.2) is 6.61 Å². The van der Waals surface area contributed by atoms with E-state index in [1.165, 1.54) is 12.3 Å². The number of hydrazone groups is 1. The van der Waals surface area contributed by atoms with E-state index in [1.807, 2.05) is 6.92 Å². The number of rotatable bonds is 7. The van der Waals surface area contributed by atoms with E-state index in [0.29, 0.717) is 38.7 Å². The van der Waals surface area contributed by atoms with E-state index in [9.17, 15) is 4.79 Å². The summed E-state index contributed by atoms with van der Waals surface area (Å²) in [6.45, 7) is 2.13. The molecule has 0 aliphatic rings. The van der Waals surface area contributed by atoms with Gasteiger partial charge in [-0.15, -0.1) is 0 Å². The van der Waals surface area contributed by atoms with Gasteiger partial charge in [-0.1, -0.05) is 34.8 Å². The van der Waals surface area contributed by atoms with E-state index in [-0.39, 0.29) is 6.61 Å². The van der Waals surface area contributed by atoms with Crippen LogP contribution in [0, 0.1) is 0 Å². The minimum absolute atomic E-state index is 0.243. The Labute approximate surface area is 160 Å². The summed E-state index contributed by atoms with van der Waals surface area (Å²) in [7, 11) is 0. The lowest BCUT2D eigenvalue weighted by molar-refractivity contribution is -0.123. The molecule has 0 aromatic heterocycles. The molecule has 8 heteroatoms. The van der Waals surface area contributed by atoms with E-state index in [1.54, 1.807) is 30.3 Å². The third-order valence-electron chi connectivity index (χ3n) is 2.92. The molecule has 0 atom stereocenters. The molecule has 1 amide bonds. The Kier molecular flexibility index (Phi) is 7.37. The van der Waals surface area contributed by atoms with E-state index in [4.69, 9.17) is 44.3 Å². The minimum Gasteiger partial charge on any atom is -0.493 e. The van der Waals surface area contributed by atoms with Gasteiger partial charge < -0.3 is 9.47 Å². The molecule has 2 rings (SSSR count). The van der Waals surface area contributed by atoms with E-state index >= 15 is 0 Å². The van der Waals surface area contributed by atoms with Crippen LogP contribution in [0.5, 0.6) is 11.5 Å². The molecule has 5 nitrogen and oxygen atoms in total. The zero-order valence-corrected chi connectivity index (χ0v) is 15.5. The highest BCUT2D eigenvalue weighted by atomic mass is 35.5. The third-order valence-corrected chi connectivity index (χ3v) is 3.68. The molecule has 0 aliphatic carbocycles. The molecule has 0 aliphatic heterocycles. The number of amides is 1. The van der Waals surface area contributed by atoms with Gasteiger partial charge in [-0.2, -0.15) is 5.10 Å². The van der Waals surface area contributed by atoms with Gasteiger partial charge in [0.1, 0.15) is 11.5 Å². The Bertz CT molecular complexity index is 782. The van der Waals surface area contributed by atoms with E-state index < -0.39 is 5.91 Å². The van der Waals surface area contributed by atoms with Crippen LogP contribution in [0.2, 0.25) is 15.1 Å². The largest absolute Gasteiger partial charge is 0.493 e. The second kappa shape index (κ2) is 9.51. The number of benzene rings is 2. The highest BCUT2D eigenvalue weighted by molar-refractivity contribution is 6.35. The normalized spacial score (nSPS) is 10.7. The predicted octanol–water partition coefficient (Wildman–Crippen LogP) is 4.57. The molecule has 132 valence electrons. The van der Waals surface area contributed by atoms with Crippen molar-refractivity contribution < 1.29 is 14.3 Å². The molecule has 0 unspecified atom stereocenters. The molecule has 0 radical (unpaired) electrons. The van der Waals surface area contributed by atoms with E-state index in [0.717, 1.165) is 0 Å². The highest BCUT2D eigenvalue weighted by Gasteiger charge is 2.06. The van der Waals surface area contributed by atoms with Crippen LogP contribution < -0.4 is 14.9 Å². The Morgan fingerprint density at radius 1 is 1.08 bits per heavy atom. The maximum Gasteiger partial charge on any atom is 0.277 e. The van der Waals surface area contributed by atoms with Gasteiger partial charge in [0, 0.05) is 15.6 Å². The number of halogens is 3. The maximum absolute atomic E-state index is 11.8. The zero-order chi connectivity index (χ0) is 18.2. The van der Waals surface area contributed by atoms with Gasteiger partial charge in [-0.25, -0.2) is 5.43 Å². The van der Waals surface area contributed by atoms with Crippen molar-refractivity contribution in [3.8, 4) is 11.5 Å². The molecule has 0 spiro atoms. The standard InChI is InChI=1S/C17H15Cl3N2O3/c1-2-24-15-5-3-12(18)7-11(15)9-21-22-17(23)10-25-16-6-4-13(19)8-14(16)20/h3-9H,2,10H2,1H3,(H,22,23)/b21-9+. The third kappa shape index (κ3) is 6.12. The summed E-state index contributed by atoms with van der Waals surface area (Å²) in [6, 6.07) is 9.87. The van der Waals surface area contributed by atoms with Gasteiger partial charge in [0.05, 0.1) is 17.8 Å². The fourth-order valence-electron chi connectivity index (χ4n) is 1.85. The van der Waals surface area contributed by atoms with Crippen LogP contribution in [-0.4, -0.2) is 25.3 Å². The summed E-state index contributed by atoms with van der Waals surface area (Å²) in [5.74, 6) is 0.537. The quantitative estimate of drug-likeness (QED) is 0.546. The molecule has 25 heavy (non-hydrogen) atoms. The van der Waals surface area contributed by atoms with Crippen molar-refractivity contribution in [3.63, 3.8) is 0 Å². The molecule has 1 N–H and O–H groups in total. The first-order valence-electron chi connectivity index (χ1n) is 7.31. The topological polar surface area (TPSA) is 59.9 Å². The predicted molar refractivity (Wildman–Crippen MR) is 100 cm³/mol. The van der Waals surface area contributed by atoms with Gasteiger partial charge >= 0.3 is 0 Å². The number of carbonyl (C=O) groups is 1. The molecule has 2 aromatic rings. The number of nitrogens with one attached hydrogen (secondary N) is 1. The SMILES string of the molecule is CCOc1ccc(Cl)cc1/C=N/NC(=O)COc1ccc(Cl)cc1Cl. The number of hydrogen-bond acceptors (Lipinski definition) is 4. The Morgan fingerprint density at radius 2 is 1.76 bits per heavy atom. The second-order valence-electron chi connectivity index (χ2n) is 4.77. The molecule has 2 aromatic carbocycles. The first-order chi connectivity index (χ1) is 12.0. The summed E-state index contributed by atoms with van der Waals surface area (Å²) >= 11 is 17.7. The average molecular weight is 402 g/mol. The smallest absolute Gasteiger partial charge is 0.277 e. The Balaban J connectivity index is 1.91. The van der Waals surface area contributed by atoms with Crippen LogP contribution >= 0.6 is 34.8 Å². The summed E-state index contributed by atoms with van der Waals surface area (Å²) < 4.78 is 10.8. The van der Waals surface area contributed by atoms with Crippen LogP contribution in [-0.2, 0) is 4.79 Å². The number of ether oxygens (including phenoxy) is 2. The number of nitrogens with zero attached hydrogens (tertiary/aromatic N) is 1. The van der Waals surface area contributed by atoms with Crippen molar-refractivity contribution >= 4 is 46.9 Å². The highest BCUT2D eigenvalue weighted by Crippen LogP contribution is 2.27. The van der Waals surface area contributed by atoms with Crippen molar-refractivity contribution in [2.75, 3.05) is 13.2 Å². The number of hydrogen-bond donors (Lipinski definition) is 1. The van der Waals surface area contributed by atoms with Gasteiger partial charge in [0.25, 0.3) is 5.91 Å². The van der Waals surface area contributed by atoms with Crippen molar-refractivity contribution in [2.24, 2.45) is 5.10 Å². The summed E-state index contributed by atoms with van der Waals surface area (Å²) in [5.41, 5.74) is 3.01. The van der Waals surface area contributed by atoms with Crippen molar-refractivity contribution in [1.82, 2.24) is 5.43 Å². The molecule has 0 saturated carbocycles. The zero-order valence-electron chi connectivity index (χ0n) is 13.3. The summed E-state index contributed by atoms with van der Waals surface area (Å²) in [5, 5.41) is 5.22. The summed E-state index contributed by atoms with van der Waals surface area (Å²) in [6.07, 6.45) is 1.45. The van der Waals surface area contributed by atoms with Crippen molar-refractivity contribution in [2.45, 2.75) is 6.92 Å². The maximum atomic E-state index is 11.8. The van der Waals surface area contributed by atoms with Crippen LogP contribution in [0.1, 0.15) is 12.5 Å². The van der Waals surface area contributed by atoms with Gasteiger partial charge in [-0.05, 0) is 43.3 Å². The van der Waals surface area contributed by atoms with Crippen molar-refractivity contribution in [3.05, 3.63) is 57.0 Å². The van der Waals surface area contributed by atoms with Crippen LogP contribution in [0.3, 0.4) is 0 Å². The lowest BCUT2D eigenvalue weighted by atomic mass is 10.2. The Hall–Kier alpha value is -1.95. The molecule has 0 heterocycles. The fraction of sp³-hybridized carbons (Fsp3) is 0.176. The molecule has 0 fully saturated rings. The van der Waals surface area contributed by atoms with Gasteiger partial charge in [0.2, 0.25) is 0 Å². The summed E-state index contributed by atoms with van der Waals surface area (Å²) in [4.78, 5) is 11.8. The molecular weight excluding hydrogens is 387 g/mol. The van der Waals surface area contributed by atoms with Gasteiger partial charge in [-0.3, -0.25) is 4.79 Å². The first kappa shape index (κ1) is 19.4. The van der Waals surface area contributed by atoms with Crippen LogP contribution in [0.25, 0.3) is 0 Å². The monoisotopic (exact) mass is 400 g/mol. The van der Waals surface area contributed by atoms with Crippen molar-refractivity contribution in [1.29, 1.82) is 0 Å². The van der Waals surface area contributed by atoms with E-state index in [2.05, 4.69) is 10.5 Å². The van der Waals surface area contributed by atoms with Crippen LogP contribution in [0.15, 0.2) is 41.5 Å². The molecule has 0 saturated heterocycles. The molecular formula is C17H15Cl3N2O3. The molecule has 0 bridgehead atoms. The van der Waals surface area contributed by atoms with Crippen LogP contribution in [0.4, 0.5) is 0 Å². The average Bonchev–Trinajstić information content (AvgIpc) is 2.56. The lowest BCUT2D eigenvalue weighted by Gasteiger charge is -2.08. The Morgan fingerprint density at radius 3 is 2.44 bits per heavy atom. The second-order valence-corrected chi connectivity index (χ2v) is 6.05. The first-order valence-corrected chi connectivity index (χ1v) is 8.45. The fourth-order valence-corrected chi connectivity index (χ4v) is 2.49. The minimum atomic E-state index is -0.442.